The first-order valence-electron chi connectivity index (χ1n) is 12.6. The van der Waals surface area contributed by atoms with Crippen molar-refractivity contribution < 1.29 is 17.9 Å². The van der Waals surface area contributed by atoms with E-state index in [9.17, 15) is 0 Å². The van der Waals surface area contributed by atoms with Crippen LogP contribution < -0.4 is 4.74 Å². The second kappa shape index (κ2) is 11.9. The number of ether oxygens (including phenoxy) is 1. The van der Waals surface area contributed by atoms with Crippen LogP contribution in [0.4, 0.5) is 13.2 Å². The highest BCUT2D eigenvalue weighted by Crippen LogP contribution is 2.35. The van der Waals surface area contributed by atoms with E-state index < -0.39 is 17.5 Å². The molecule has 0 aliphatic heterocycles. The molecule has 0 atom stereocenters. The quantitative estimate of drug-likeness (QED) is 0.151. The molecule has 0 saturated heterocycles. The summed E-state index contributed by atoms with van der Waals surface area (Å²) in [4.78, 5) is 0. The second-order valence-electron chi connectivity index (χ2n) is 9.09. The van der Waals surface area contributed by atoms with Gasteiger partial charge in [-0.15, -0.1) is 0 Å². The van der Waals surface area contributed by atoms with Crippen LogP contribution in [0.5, 0.6) is 5.75 Å². The van der Waals surface area contributed by atoms with Crippen LogP contribution in [-0.4, -0.2) is 6.61 Å². The fraction of sp³-hybridized carbons (Fsp3) is 0.250. The number of unbranched alkanes of at least 4 members (excludes halogenated alkanes) is 4. The van der Waals surface area contributed by atoms with Crippen molar-refractivity contribution in [1.29, 1.82) is 0 Å². The molecule has 1 nitrogen and oxygen atoms in total. The minimum absolute atomic E-state index is 0.154. The summed E-state index contributed by atoms with van der Waals surface area (Å²) in [5.74, 6) is -1.39. The number of benzene rings is 4. The number of rotatable bonds is 11. The van der Waals surface area contributed by atoms with Crippen molar-refractivity contribution in [3.8, 4) is 28.0 Å². The fourth-order valence-corrected chi connectivity index (χ4v) is 4.53. The molecular formula is C32H31F3O. The van der Waals surface area contributed by atoms with Gasteiger partial charge in [0.2, 0.25) is 0 Å². The van der Waals surface area contributed by atoms with E-state index in [-0.39, 0.29) is 16.7 Å². The smallest absolute Gasteiger partial charge is 0.138 e. The number of fused-ring (bicyclic) bond motifs is 1. The maximum atomic E-state index is 15.4. The van der Waals surface area contributed by atoms with Crippen LogP contribution in [0.3, 0.4) is 0 Å². The molecule has 4 heteroatoms. The summed E-state index contributed by atoms with van der Waals surface area (Å²) in [5.41, 5.74) is 1.74. The van der Waals surface area contributed by atoms with E-state index in [1.165, 1.54) is 43.4 Å². The van der Waals surface area contributed by atoms with Gasteiger partial charge in [0.1, 0.15) is 29.8 Å². The average molecular weight is 489 g/mol. The lowest BCUT2D eigenvalue weighted by atomic mass is 9.95. The second-order valence-corrected chi connectivity index (χ2v) is 9.09. The molecule has 0 saturated carbocycles. The van der Waals surface area contributed by atoms with Gasteiger partial charge in [-0.3, -0.25) is 0 Å². The summed E-state index contributed by atoms with van der Waals surface area (Å²) in [6.07, 6.45) is 8.59. The Morgan fingerprint density at radius 2 is 1.50 bits per heavy atom. The van der Waals surface area contributed by atoms with Gasteiger partial charge in [-0.2, -0.15) is 0 Å². The van der Waals surface area contributed by atoms with E-state index in [1.807, 2.05) is 18.2 Å². The highest BCUT2D eigenvalue weighted by molar-refractivity contribution is 5.89. The zero-order chi connectivity index (χ0) is 25.5. The van der Waals surface area contributed by atoms with E-state index in [0.717, 1.165) is 18.2 Å². The third kappa shape index (κ3) is 5.81. The maximum Gasteiger partial charge on any atom is 0.138 e. The summed E-state index contributed by atoms with van der Waals surface area (Å²) in [7, 11) is 0. The average Bonchev–Trinajstić information content (AvgIpc) is 2.88. The Hall–Kier alpha value is -3.53. The molecule has 0 N–H and O–H groups in total. The number of halogens is 3. The normalized spacial score (nSPS) is 11.1. The molecule has 4 aromatic rings. The van der Waals surface area contributed by atoms with Crippen LogP contribution in [0.1, 0.15) is 44.6 Å². The van der Waals surface area contributed by atoms with Gasteiger partial charge in [0.15, 0.2) is 0 Å². The van der Waals surface area contributed by atoms with E-state index in [0.29, 0.717) is 23.3 Å². The fourth-order valence-electron chi connectivity index (χ4n) is 4.53. The van der Waals surface area contributed by atoms with Crippen molar-refractivity contribution in [3.63, 3.8) is 0 Å². The molecule has 4 rings (SSSR count). The lowest BCUT2D eigenvalue weighted by Gasteiger charge is -2.12. The highest BCUT2D eigenvalue weighted by atomic mass is 19.1. The molecule has 0 aliphatic rings. The molecule has 0 aromatic heterocycles. The molecule has 0 radical (unpaired) electrons. The molecule has 0 amide bonds. The van der Waals surface area contributed by atoms with Gasteiger partial charge >= 0.3 is 0 Å². The lowest BCUT2D eigenvalue weighted by molar-refractivity contribution is 0.363. The first-order chi connectivity index (χ1) is 17.5. The predicted octanol–water partition coefficient (Wildman–Crippen LogP) is 9.67. The van der Waals surface area contributed by atoms with E-state index in [1.54, 1.807) is 42.5 Å². The van der Waals surface area contributed by atoms with Crippen LogP contribution in [0.25, 0.3) is 33.0 Å². The molecular weight excluding hydrogens is 457 g/mol. The first kappa shape index (κ1) is 25.6. The predicted molar refractivity (Wildman–Crippen MR) is 143 cm³/mol. The van der Waals surface area contributed by atoms with Gasteiger partial charge in [-0.1, -0.05) is 87.7 Å². The summed E-state index contributed by atoms with van der Waals surface area (Å²) in [6.45, 7) is 6.13. The van der Waals surface area contributed by atoms with E-state index >= 15 is 13.2 Å². The molecule has 0 spiro atoms. The van der Waals surface area contributed by atoms with Crippen LogP contribution in [0.2, 0.25) is 0 Å². The van der Waals surface area contributed by atoms with Gasteiger partial charge in [0.05, 0.1) is 5.56 Å². The topological polar surface area (TPSA) is 9.23 Å². The standard InChI is InChI=1S/C32H31F3O/c1-3-5-6-7-8-9-22-10-16-27-24(19-22)13-17-28(32(27)35)25-20-29(33)31(30(34)21-25)23-11-14-26(15-12-23)36-18-4-2/h4,10-17,19-21H,2-3,5-9,18H2,1H3. The Morgan fingerprint density at radius 1 is 0.778 bits per heavy atom. The van der Waals surface area contributed by atoms with Crippen LogP contribution in [0, 0.1) is 17.5 Å². The van der Waals surface area contributed by atoms with Crippen molar-refractivity contribution >= 4 is 10.8 Å². The summed E-state index contributed by atoms with van der Waals surface area (Å²) in [6, 6.07) is 18.0. The van der Waals surface area contributed by atoms with Gasteiger partial charge in [-0.05, 0) is 59.2 Å². The molecule has 0 bridgehead atoms. The Morgan fingerprint density at radius 3 is 2.19 bits per heavy atom. The van der Waals surface area contributed by atoms with Crippen LogP contribution in [0.15, 0.2) is 79.4 Å². The summed E-state index contributed by atoms with van der Waals surface area (Å²) >= 11 is 0. The van der Waals surface area contributed by atoms with Gasteiger partial charge in [-0.25, -0.2) is 13.2 Å². The molecule has 0 fully saturated rings. The number of hydrogen-bond acceptors (Lipinski definition) is 1. The Kier molecular flexibility index (Phi) is 8.48. The minimum Gasteiger partial charge on any atom is -0.490 e. The van der Waals surface area contributed by atoms with E-state index in [4.69, 9.17) is 4.74 Å². The van der Waals surface area contributed by atoms with Crippen molar-refractivity contribution in [2.75, 3.05) is 6.61 Å². The monoisotopic (exact) mass is 488 g/mol. The molecule has 36 heavy (non-hydrogen) atoms. The first-order valence-corrected chi connectivity index (χ1v) is 12.6. The SMILES string of the molecule is C=CCOc1ccc(-c2c(F)cc(-c3ccc4cc(CCCCCCC)ccc4c3F)cc2F)cc1. The highest BCUT2D eigenvalue weighted by Gasteiger charge is 2.17. The molecule has 0 aliphatic carbocycles. The lowest BCUT2D eigenvalue weighted by Crippen LogP contribution is -1.96. The van der Waals surface area contributed by atoms with E-state index in [2.05, 4.69) is 13.5 Å². The summed E-state index contributed by atoms with van der Waals surface area (Å²) in [5, 5.41) is 1.24. The van der Waals surface area contributed by atoms with Crippen molar-refractivity contribution in [2.45, 2.75) is 45.4 Å². The zero-order valence-corrected chi connectivity index (χ0v) is 20.6. The third-order valence-electron chi connectivity index (χ3n) is 6.45. The van der Waals surface area contributed by atoms with Crippen LogP contribution >= 0.6 is 0 Å². The Labute approximate surface area is 211 Å². The summed E-state index contributed by atoms with van der Waals surface area (Å²) < 4.78 is 51.0. The maximum absolute atomic E-state index is 15.4. The number of aryl methyl sites for hydroxylation is 1. The molecule has 0 heterocycles. The minimum atomic E-state index is -0.748. The van der Waals surface area contributed by atoms with Crippen molar-refractivity contribution in [1.82, 2.24) is 0 Å². The molecule has 0 unspecified atom stereocenters. The van der Waals surface area contributed by atoms with Crippen molar-refractivity contribution in [2.24, 2.45) is 0 Å². The largest absolute Gasteiger partial charge is 0.490 e. The third-order valence-corrected chi connectivity index (χ3v) is 6.45. The van der Waals surface area contributed by atoms with Gasteiger partial charge in [0, 0.05) is 10.9 Å². The Balaban J connectivity index is 1.58. The van der Waals surface area contributed by atoms with Crippen molar-refractivity contribution in [3.05, 3.63) is 102 Å². The van der Waals surface area contributed by atoms with Gasteiger partial charge < -0.3 is 4.74 Å². The molecule has 186 valence electrons. The zero-order valence-electron chi connectivity index (χ0n) is 20.6. The Bertz CT molecular complexity index is 1320. The molecule has 4 aromatic carbocycles. The van der Waals surface area contributed by atoms with Gasteiger partial charge in [0.25, 0.3) is 0 Å². The van der Waals surface area contributed by atoms with Crippen LogP contribution in [-0.2, 0) is 6.42 Å². The number of hydrogen-bond donors (Lipinski definition) is 0.